The van der Waals surface area contributed by atoms with E-state index in [1.165, 1.54) is 9.44 Å². The van der Waals surface area contributed by atoms with Crippen molar-refractivity contribution >= 4 is 27.5 Å². The van der Waals surface area contributed by atoms with Crippen molar-refractivity contribution in [1.82, 2.24) is 9.55 Å². The number of aryl methyl sites for hydroxylation is 3. The number of carbonyl (C=O) groups is 1. The standard InChI is InChI=1S/C21H22N2O3S/c1-3-26-21(25)18-22-19-17(15-9-4-5-10-16(15)27-19)20(24)23(18)12-14-8-6-7-13(2)11-14/h6-8,11H,3-5,9-10,12H2,1-2H3. The van der Waals surface area contributed by atoms with Crippen LogP contribution in [0, 0.1) is 6.92 Å². The number of ether oxygens (including phenoxy) is 1. The van der Waals surface area contributed by atoms with E-state index in [0.29, 0.717) is 16.8 Å². The van der Waals surface area contributed by atoms with Gasteiger partial charge >= 0.3 is 5.97 Å². The van der Waals surface area contributed by atoms with Crippen molar-refractivity contribution in [2.45, 2.75) is 46.1 Å². The smallest absolute Gasteiger partial charge is 0.374 e. The van der Waals surface area contributed by atoms with Gasteiger partial charge in [-0.2, -0.15) is 0 Å². The number of fused-ring (bicyclic) bond motifs is 3. The molecular formula is C21H22N2O3S. The zero-order valence-corrected chi connectivity index (χ0v) is 16.4. The maximum atomic E-state index is 13.4. The maximum absolute atomic E-state index is 13.4. The van der Waals surface area contributed by atoms with Gasteiger partial charge in [-0.1, -0.05) is 29.8 Å². The van der Waals surface area contributed by atoms with Crippen LogP contribution in [0.15, 0.2) is 29.1 Å². The molecule has 0 saturated heterocycles. The van der Waals surface area contributed by atoms with Gasteiger partial charge in [-0.3, -0.25) is 9.36 Å². The van der Waals surface area contributed by atoms with Crippen molar-refractivity contribution in [3.05, 3.63) is 62.0 Å². The molecule has 0 spiro atoms. The molecule has 0 aliphatic heterocycles. The van der Waals surface area contributed by atoms with E-state index in [2.05, 4.69) is 4.98 Å². The van der Waals surface area contributed by atoms with Crippen LogP contribution in [-0.4, -0.2) is 22.1 Å². The Kier molecular flexibility index (Phi) is 4.83. The van der Waals surface area contributed by atoms with Gasteiger partial charge in [0.2, 0.25) is 5.82 Å². The normalized spacial score (nSPS) is 13.6. The highest BCUT2D eigenvalue weighted by molar-refractivity contribution is 7.18. The van der Waals surface area contributed by atoms with Crippen molar-refractivity contribution in [1.29, 1.82) is 0 Å². The Morgan fingerprint density at radius 1 is 1.30 bits per heavy atom. The molecule has 140 valence electrons. The molecule has 0 atom stereocenters. The van der Waals surface area contributed by atoms with Crippen LogP contribution < -0.4 is 5.56 Å². The Hall–Kier alpha value is -2.47. The molecule has 1 aliphatic rings. The van der Waals surface area contributed by atoms with Gasteiger partial charge in [0.25, 0.3) is 5.56 Å². The average Bonchev–Trinajstić information content (AvgIpc) is 3.02. The number of thiophene rings is 1. The first-order chi connectivity index (χ1) is 13.1. The fourth-order valence-electron chi connectivity index (χ4n) is 3.73. The summed E-state index contributed by atoms with van der Waals surface area (Å²) in [6, 6.07) is 7.95. The Balaban J connectivity index is 1.92. The fraction of sp³-hybridized carbons (Fsp3) is 0.381. The molecule has 0 fully saturated rings. The molecule has 27 heavy (non-hydrogen) atoms. The molecule has 4 rings (SSSR count). The molecule has 0 radical (unpaired) electrons. The molecule has 3 aromatic rings. The summed E-state index contributed by atoms with van der Waals surface area (Å²) < 4.78 is 6.66. The summed E-state index contributed by atoms with van der Waals surface area (Å²) in [5.41, 5.74) is 3.07. The van der Waals surface area contributed by atoms with Crippen molar-refractivity contribution in [2.75, 3.05) is 6.61 Å². The second kappa shape index (κ2) is 7.27. The van der Waals surface area contributed by atoms with Crippen LogP contribution >= 0.6 is 11.3 Å². The highest BCUT2D eigenvalue weighted by Gasteiger charge is 2.25. The van der Waals surface area contributed by atoms with Crippen LogP contribution in [0.3, 0.4) is 0 Å². The summed E-state index contributed by atoms with van der Waals surface area (Å²) in [7, 11) is 0. The predicted octanol–water partition coefficient (Wildman–Crippen LogP) is 3.87. The number of esters is 1. The molecule has 1 aromatic carbocycles. The van der Waals surface area contributed by atoms with Crippen LogP contribution in [0.5, 0.6) is 0 Å². The fourth-order valence-corrected chi connectivity index (χ4v) is 4.98. The number of carbonyl (C=O) groups excluding carboxylic acids is 1. The van der Waals surface area contributed by atoms with Crippen LogP contribution in [0.1, 0.15) is 52.0 Å². The summed E-state index contributed by atoms with van der Waals surface area (Å²) in [6.45, 7) is 4.32. The largest absolute Gasteiger partial charge is 0.460 e. The Bertz CT molecular complexity index is 1080. The molecule has 0 N–H and O–H groups in total. The molecule has 6 heteroatoms. The zero-order valence-electron chi connectivity index (χ0n) is 15.6. The second-order valence-corrected chi connectivity index (χ2v) is 8.01. The summed E-state index contributed by atoms with van der Waals surface area (Å²) in [6.07, 6.45) is 4.13. The number of hydrogen-bond donors (Lipinski definition) is 0. The highest BCUT2D eigenvalue weighted by atomic mass is 32.1. The lowest BCUT2D eigenvalue weighted by atomic mass is 9.97. The molecule has 2 heterocycles. The lowest BCUT2D eigenvalue weighted by Crippen LogP contribution is -2.29. The molecule has 0 saturated carbocycles. The Labute approximate surface area is 161 Å². The lowest BCUT2D eigenvalue weighted by Gasteiger charge is -2.13. The van der Waals surface area contributed by atoms with Gasteiger partial charge in [-0.15, -0.1) is 11.3 Å². The minimum Gasteiger partial charge on any atom is -0.460 e. The van der Waals surface area contributed by atoms with E-state index >= 15 is 0 Å². The first-order valence-electron chi connectivity index (χ1n) is 9.36. The molecule has 0 amide bonds. The van der Waals surface area contributed by atoms with Gasteiger partial charge in [-0.05, 0) is 50.7 Å². The number of rotatable bonds is 4. The minimum atomic E-state index is -0.546. The van der Waals surface area contributed by atoms with E-state index in [0.717, 1.165) is 42.4 Å². The van der Waals surface area contributed by atoms with Crippen molar-refractivity contribution < 1.29 is 9.53 Å². The molecule has 0 unspecified atom stereocenters. The SMILES string of the molecule is CCOC(=O)c1nc2sc3c(c2c(=O)n1Cc1cccc(C)c1)CCCC3. The summed E-state index contributed by atoms with van der Waals surface area (Å²) in [5.74, 6) is -0.454. The van der Waals surface area contributed by atoms with E-state index in [4.69, 9.17) is 4.74 Å². The first kappa shape index (κ1) is 17.9. The van der Waals surface area contributed by atoms with E-state index in [9.17, 15) is 9.59 Å². The number of aromatic nitrogens is 2. The summed E-state index contributed by atoms with van der Waals surface area (Å²) in [5, 5.41) is 0.690. The van der Waals surface area contributed by atoms with E-state index < -0.39 is 5.97 Å². The van der Waals surface area contributed by atoms with Crippen LogP contribution in [0.2, 0.25) is 0 Å². The molecular weight excluding hydrogens is 360 g/mol. The summed E-state index contributed by atoms with van der Waals surface area (Å²) >= 11 is 1.55. The van der Waals surface area contributed by atoms with E-state index in [1.807, 2.05) is 31.2 Å². The maximum Gasteiger partial charge on any atom is 0.374 e. The third-order valence-corrected chi connectivity index (χ3v) is 6.14. The van der Waals surface area contributed by atoms with Gasteiger partial charge in [0.05, 0.1) is 18.5 Å². The minimum absolute atomic E-state index is 0.0921. The lowest BCUT2D eigenvalue weighted by molar-refractivity contribution is 0.0505. The quantitative estimate of drug-likeness (QED) is 0.643. The summed E-state index contributed by atoms with van der Waals surface area (Å²) in [4.78, 5) is 32.4. The van der Waals surface area contributed by atoms with Crippen LogP contribution in [-0.2, 0) is 24.1 Å². The molecule has 1 aliphatic carbocycles. The van der Waals surface area contributed by atoms with Gasteiger partial charge in [0.1, 0.15) is 4.83 Å². The topological polar surface area (TPSA) is 61.2 Å². The number of hydrogen-bond acceptors (Lipinski definition) is 5. The molecule has 2 aromatic heterocycles. The van der Waals surface area contributed by atoms with E-state index in [-0.39, 0.29) is 18.0 Å². The predicted molar refractivity (Wildman–Crippen MR) is 107 cm³/mol. The zero-order chi connectivity index (χ0) is 19.0. The Morgan fingerprint density at radius 2 is 2.11 bits per heavy atom. The van der Waals surface area contributed by atoms with Crippen molar-refractivity contribution in [2.24, 2.45) is 0 Å². The third kappa shape index (κ3) is 3.30. The van der Waals surface area contributed by atoms with Gasteiger partial charge < -0.3 is 4.74 Å². The van der Waals surface area contributed by atoms with E-state index in [1.54, 1.807) is 18.3 Å². The van der Waals surface area contributed by atoms with Crippen LogP contribution in [0.25, 0.3) is 10.2 Å². The van der Waals surface area contributed by atoms with Gasteiger partial charge in [0, 0.05) is 4.88 Å². The monoisotopic (exact) mass is 382 g/mol. The second-order valence-electron chi connectivity index (χ2n) is 6.93. The average molecular weight is 382 g/mol. The molecule has 5 nitrogen and oxygen atoms in total. The van der Waals surface area contributed by atoms with Crippen molar-refractivity contribution in [3.8, 4) is 0 Å². The Morgan fingerprint density at radius 3 is 2.89 bits per heavy atom. The van der Waals surface area contributed by atoms with Crippen molar-refractivity contribution in [3.63, 3.8) is 0 Å². The van der Waals surface area contributed by atoms with Crippen LogP contribution in [0.4, 0.5) is 0 Å². The highest BCUT2D eigenvalue weighted by Crippen LogP contribution is 2.33. The number of nitrogens with zero attached hydrogens (tertiary/aromatic N) is 2. The first-order valence-corrected chi connectivity index (χ1v) is 10.2. The third-order valence-electron chi connectivity index (χ3n) is 4.96. The number of benzene rings is 1. The van der Waals surface area contributed by atoms with Gasteiger partial charge in [-0.25, -0.2) is 9.78 Å². The van der Waals surface area contributed by atoms with Gasteiger partial charge in [0.15, 0.2) is 0 Å². The molecule has 0 bridgehead atoms.